The van der Waals surface area contributed by atoms with Crippen molar-refractivity contribution in [3.8, 4) is 6.07 Å². The van der Waals surface area contributed by atoms with E-state index in [1.54, 1.807) is 6.07 Å². The summed E-state index contributed by atoms with van der Waals surface area (Å²) in [7, 11) is 0. The van der Waals surface area contributed by atoms with E-state index in [-0.39, 0.29) is 11.9 Å². The first-order valence-electron chi connectivity index (χ1n) is 5.22. The maximum absolute atomic E-state index is 10.6. The minimum atomic E-state index is -0.413. The molecule has 1 rings (SSSR count). The highest BCUT2D eigenvalue weighted by molar-refractivity contribution is 7.81. The normalized spacial score (nSPS) is 15.2. The second kappa shape index (κ2) is 10.5. The van der Waals surface area contributed by atoms with E-state index in [1.807, 2.05) is 0 Å². The van der Waals surface area contributed by atoms with E-state index in [4.69, 9.17) is 10.1 Å². The van der Waals surface area contributed by atoms with Gasteiger partial charge in [0.2, 0.25) is 0 Å². The average Bonchev–Trinajstić information content (AvgIpc) is 2.37. The van der Waals surface area contributed by atoms with Gasteiger partial charge in [0.05, 0.1) is 11.8 Å². The van der Waals surface area contributed by atoms with Crippen LogP contribution in [0.5, 0.6) is 0 Å². The number of hydrogen-bond donors (Lipinski definition) is 1. The molecule has 0 aliphatic heterocycles. The Morgan fingerprint density at radius 3 is 2.50 bits per heavy atom. The maximum atomic E-state index is 10.6. The fourth-order valence-corrected chi connectivity index (χ4v) is 1.36. The number of allylic oxidation sites excluding steroid dienone is 1. The van der Waals surface area contributed by atoms with Gasteiger partial charge in [0.25, 0.3) is 0 Å². The summed E-state index contributed by atoms with van der Waals surface area (Å²) < 4.78 is 0. The molecule has 1 aliphatic rings. The average molecular weight is 243 g/mol. The van der Waals surface area contributed by atoms with Gasteiger partial charge in [-0.3, -0.25) is 4.89 Å². The predicted octanol–water partition coefficient (Wildman–Crippen LogP) is 2.42. The molecule has 0 radical (unpaired) electrons. The van der Waals surface area contributed by atoms with Gasteiger partial charge in [-0.25, -0.2) is 4.79 Å². The molecule has 5 heteroatoms. The molecule has 0 aromatic rings. The summed E-state index contributed by atoms with van der Waals surface area (Å²) in [6.45, 7) is 3.12. The molecule has 0 spiro atoms. The molecule has 0 aromatic heterocycles. The van der Waals surface area contributed by atoms with Crippen LogP contribution in [-0.4, -0.2) is 17.8 Å². The molecule has 0 N–H and O–H groups in total. The zero-order chi connectivity index (χ0) is 12.2. The number of nitrogens with zero attached hydrogens (tertiary/aromatic N) is 1. The minimum absolute atomic E-state index is 0.0761. The van der Waals surface area contributed by atoms with Crippen LogP contribution in [0.3, 0.4) is 0 Å². The van der Waals surface area contributed by atoms with Gasteiger partial charge in [-0.15, -0.1) is 0 Å². The van der Waals surface area contributed by atoms with E-state index in [9.17, 15) is 4.79 Å². The number of carbonyl (C=O) groups excluding carboxylic acids is 1. The van der Waals surface area contributed by atoms with Gasteiger partial charge >= 0.3 is 5.97 Å². The fourth-order valence-electron chi connectivity index (χ4n) is 1.31. The molecule has 1 aliphatic carbocycles. The Labute approximate surface area is 102 Å². The number of hydrogen-bond acceptors (Lipinski definition) is 5. The van der Waals surface area contributed by atoms with Crippen LogP contribution in [0.15, 0.2) is 12.7 Å². The summed E-state index contributed by atoms with van der Waals surface area (Å²) in [5.41, 5.74) is 0. The third-order valence-corrected chi connectivity index (χ3v) is 2.31. The van der Waals surface area contributed by atoms with Crippen LogP contribution in [0.1, 0.15) is 32.1 Å². The molecule has 1 fully saturated rings. The summed E-state index contributed by atoms with van der Waals surface area (Å²) in [5.74, 6) is -0.337. The lowest BCUT2D eigenvalue weighted by Gasteiger charge is -2.19. The fraction of sp³-hybridized carbons (Fsp3) is 0.636. The van der Waals surface area contributed by atoms with E-state index < -0.39 is 5.97 Å². The molecule has 0 bridgehead atoms. The zero-order valence-electron chi connectivity index (χ0n) is 9.22. The Morgan fingerprint density at radius 2 is 2.06 bits per heavy atom. The van der Waals surface area contributed by atoms with E-state index in [1.165, 1.54) is 25.3 Å². The summed E-state index contributed by atoms with van der Waals surface area (Å²) in [5, 5.41) is 7.51. The molecule has 16 heavy (non-hydrogen) atoms. The second-order valence-corrected chi connectivity index (χ2v) is 3.62. The van der Waals surface area contributed by atoms with Crippen molar-refractivity contribution < 1.29 is 14.6 Å². The zero-order valence-corrected chi connectivity index (χ0v) is 10.1. The van der Waals surface area contributed by atoms with Gasteiger partial charge < -0.3 is 0 Å². The van der Waals surface area contributed by atoms with Crippen LogP contribution in [0.2, 0.25) is 0 Å². The molecular formula is C11H17NO3S. The molecular weight excluding hydrogens is 226 g/mol. The van der Waals surface area contributed by atoms with Gasteiger partial charge in [-0.2, -0.15) is 22.8 Å². The second-order valence-electron chi connectivity index (χ2n) is 3.30. The monoisotopic (exact) mass is 243 g/mol. The number of nitriles is 1. The predicted molar refractivity (Wildman–Crippen MR) is 63.7 cm³/mol. The van der Waals surface area contributed by atoms with E-state index in [0.29, 0.717) is 0 Å². The molecule has 0 unspecified atom stereocenters. The van der Waals surface area contributed by atoms with Gasteiger partial charge in [-0.05, 0) is 12.8 Å². The van der Waals surface area contributed by atoms with Crippen LogP contribution in [0, 0.1) is 11.3 Å². The Morgan fingerprint density at radius 1 is 1.50 bits per heavy atom. The molecule has 1 saturated carbocycles. The van der Waals surface area contributed by atoms with E-state index in [2.05, 4.69) is 24.1 Å². The molecule has 4 nitrogen and oxygen atoms in total. The van der Waals surface area contributed by atoms with Gasteiger partial charge in [-0.1, -0.05) is 25.8 Å². The molecule has 90 valence electrons. The maximum Gasteiger partial charge on any atom is 0.351 e. The largest absolute Gasteiger partial charge is 0.351 e. The Bertz CT molecular complexity index is 244. The first-order valence-corrected chi connectivity index (χ1v) is 5.85. The van der Waals surface area contributed by atoms with Crippen molar-refractivity contribution in [1.82, 2.24) is 0 Å². The van der Waals surface area contributed by atoms with Crippen molar-refractivity contribution in [3.63, 3.8) is 0 Å². The van der Waals surface area contributed by atoms with Crippen molar-refractivity contribution in [1.29, 1.82) is 5.26 Å². The van der Waals surface area contributed by atoms with Crippen molar-refractivity contribution in [2.24, 2.45) is 0 Å². The Hall–Kier alpha value is -0.990. The van der Waals surface area contributed by atoms with Crippen LogP contribution in [0.4, 0.5) is 0 Å². The summed E-state index contributed by atoms with van der Waals surface area (Å²) in [6, 6.07) is 1.69. The highest BCUT2D eigenvalue weighted by Gasteiger charge is 2.16. The molecule has 0 aromatic carbocycles. The van der Waals surface area contributed by atoms with E-state index in [0.717, 1.165) is 12.8 Å². The first-order chi connectivity index (χ1) is 7.74. The highest BCUT2D eigenvalue weighted by atomic mass is 32.1. The van der Waals surface area contributed by atoms with Crippen LogP contribution in [0.25, 0.3) is 0 Å². The lowest BCUT2D eigenvalue weighted by atomic mass is 9.98. The van der Waals surface area contributed by atoms with E-state index >= 15 is 0 Å². The van der Waals surface area contributed by atoms with Crippen molar-refractivity contribution in [2.75, 3.05) is 5.75 Å². The van der Waals surface area contributed by atoms with Gasteiger partial charge in [0, 0.05) is 6.08 Å². The van der Waals surface area contributed by atoms with Gasteiger partial charge in [0.15, 0.2) is 0 Å². The van der Waals surface area contributed by atoms with Crippen molar-refractivity contribution in [3.05, 3.63) is 12.7 Å². The molecule has 0 atom stereocenters. The Balaban J connectivity index is 0.000000487. The third-order valence-electron chi connectivity index (χ3n) is 2.05. The lowest BCUT2D eigenvalue weighted by Crippen LogP contribution is -2.19. The smallest absolute Gasteiger partial charge is 0.297 e. The standard InChI is InChI=1S/C8H14O3S.C3H3N/c9-8(6-12)11-10-7-4-2-1-3-5-7;1-2-3-4/h7,12H,1-6H2;2H,1H2. The SMILES string of the molecule is C=CC#N.O=C(CS)OOC1CCCCC1. The van der Waals surface area contributed by atoms with Crippen molar-refractivity contribution in [2.45, 2.75) is 38.2 Å². The quantitative estimate of drug-likeness (QED) is 0.358. The topological polar surface area (TPSA) is 59.3 Å². The van der Waals surface area contributed by atoms with Gasteiger partial charge in [0.1, 0.15) is 6.10 Å². The lowest BCUT2D eigenvalue weighted by molar-refractivity contribution is -0.299. The van der Waals surface area contributed by atoms with Crippen LogP contribution >= 0.6 is 12.6 Å². The number of carbonyl (C=O) groups is 1. The summed E-state index contributed by atoms with van der Waals surface area (Å²) in [4.78, 5) is 20.1. The molecule has 0 amide bonds. The summed E-state index contributed by atoms with van der Waals surface area (Å²) >= 11 is 3.76. The Kier molecular flexibility index (Phi) is 9.87. The highest BCUT2D eigenvalue weighted by Crippen LogP contribution is 2.20. The first kappa shape index (κ1) is 15.0. The number of thiol groups is 1. The minimum Gasteiger partial charge on any atom is -0.297 e. The van der Waals surface area contributed by atoms with Crippen LogP contribution < -0.4 is 0 Å². The number of rotatable bonds is 3. The molecule has 0 saturated heterocycles. The van der Waals surface area contributed by atoms with Crippen LogP contribution in [-0.2, 0) is 14.6 Å². The van der Waals surface area contributed by atoms with Crippen molar-refractivity contribution >= 4 is 18.6 Å². The molecule has 0 heterocycles. The third kappa shape index (κ3) is 8.33. The summed E-state index contributed by atoms with van der Waals surface area (Å²) in [6.07, 6.45) is 6.90.